The van der Waals surface area contributed by atoms with Crippen LogP contribution in [0.1, 0.15) is 36.1 Å². The molecule has 28 heavy (non-hydrogen) atoms. The van der Waals surface area contributed by atoms with Gasteiger partial charge in [0.1, 0.15) is 11.8 Å². The van der Waals surface area contributed by atoms with E-state index in [1.165, 1.54) is 0 Å². The molecule has 0 saturated carbocycles. The van der Waals surface area contributed by atoms with E-state index in [2.05, 4.69) is 22.8 Å². The third-order valence-electron chi connectivity index (χ3n) is 4.48. The zero-order chi connectivity index (χ0) is 20.1. The summed E-state index contributed by atoms with van der Waals surface area (Å²) in [4.78, 5) is 13.0. The van der Waals surface area contributed by atoms with Gasteiger partial charge in [-0.15, -0.1) is 0 Å². The number of carbonyl (C=O) groups is 1. The van der Waals surface area contributed by atoms with Gasteiger partial charge in [-0.3, -0.25) is 9.69 Å². The third-order valence-corrected chi connectivity index (χ3v) is 4.48. The van der Waals surface area contributed by atoms with Crippen LogP contribution in [0.15, 0.2) is 42.5 Å². The highest BCUT2D eigenvalue weighted by Gasteiger charge is 2.31. The molecule has 0 unspecified atom stereocenters. The van der Waals surface area contributed by atoms with Gasteiger partial charge in [-0.1, -0.05) is 24.0 Å². The summed E-state index contributed by atoms with van der Waals surface area (Å²) in [6, 6.07) is 15.5. The lowest BCUT2D eigenvalue weighted by Crippen LogP contribution is -2.49. The lowest BCUT2D eigenvalue weighted by molar-refractivity contribution is -0.147. The highest BCUT2D eigenvalue weighted by Crippen LogP contribution is 2.21. The fraction of sp³-hybridized carbons (Fsp3) is 0.304. The van der Waals surface area contributed by atoms with E-state index in [4.69, 9.17) is 9.84 Å². The van der Waals surface area contributed by atoms with E-state index in [9.17, 15) is 10.1 Å². The molecule has 1 heterocycles. The average Bonchev–Trinajstić information content (AvgIpc) is 2.63. The van der Waals surface area contributed by atoms with Crippen molar-refractivity contribution in [2.24, 2.45) is 5.92 Å². The predicted molar refractivity (Wildman–Crippen MR) is 106 cm³/mol. The summed E-state index contributed by atoms with van der Waals surface area (Å²) in [5.41, 5.74) is 3.26. The minimum absolute atomic E-state index is 0.00817. The minimum atomic E-state index is -0.717. The summed E-state index contributed by atoms with van der Waals surface area (Å²) in [7, 11) is 0. The molecule has 1 N–H and O–H groups in total. The van der Waals surface area contributed by atoms with E-state index in [-0.39, 0.29) is 12.0 Å². The fourth-order valence-corrected chi connectivity index (χ4v) is 3.00. The first-order valence-electron chi connectivity index (χ1n) is 9.21. The lowest BCUT2D eigenvalue weighted by Gasteiger charge is -2.36. The Balaban J connectivity index is 1.63. The molecule has 1 fully saturated rings. The van der Waals surface area contributed by atoms with Crippen molar-refractivity contribution in [2.45, 2.75) is 26.5 Å². The van der Waals surface area contributed by atoms with Crippen molar-refractivity contribution < 1.29 is 14.6 Å². The summed E-state index contributed by atoms with van der Waals surface area (Å²) in [6.45, 7) is 5.81. The number of carboxylic acids is 1. The van der Waals surface area contributed by atoms with Crippen LogP contribution in [0.4, 0.5) is 0 Å². The first-order chi connectivity index (χ1) is 13.4. The van der Waals surface area contributed by atoms with E-state index >= 15 is 0 Å². The molecule has 1 saturated heterocycles. The van der Waals surface area contributed by atoms with Crippen molar-refractivity contribution in [3.8, 4) is 23.7 Å². The van der Waals surface area contributed by atoms with Gasteiger partial charge in [0.15, 0.2) is 0 Å². The highest BCUT2D eigenvalue weighted by atomic mass is 16.5. The zero-order valence-corrected chi connectivity index (χ0v) is 16.0. The number of aliphatic carboxylic acids is 1. The predicted octanol–water partition coefficient (Wildman–Crippen LogP) is 3.26. The monoisotopic (exact) mass is 374 g/mol. The number of nitrogens with zero attached hydrogens (tertiary/aromatic N) is 2. The van der Waals surface area contributed by atoms with Gasteiger partial charge < -0.3 is 9.84 Å². The number of ether oxygens (including phenoxy) is 1. The first kappa shape index (κ1) is 19.5. The molecule has 3 rings (SSSR count). The number of benzene rings is 2. The standard InChI is InChI=1S/C23H22N2O3/c1-16(2)28-22-10-9-18(11-20(22)12-24)6-3-17-4-7-19(8-5-17)13-25-14-21(15-25)23(26)27/h4-5,7-11,16,21H,13-15H2,1-2H3,(H,26,27). The Labute approximate surface area is 165 Å². The fourth-order valence-electron chi connectivity index (χ4n) is 3.00. The van der Waals surface area contributed by atoms with Gasteiger partial charge in [0.05, 0.1) is 17.6 Å². The Morgan fingerprint density at radius 3 is 2.43 bits per heavy atom. The Bertz CT molecular complexity index is 956. The number of rotatable bonds is 5. The van der Waals surface area contributed by atoms with Gasteiger partial charge in [-0.05, 0) is 49.7 Å². The van der Waals surface area contributed by atoms with Crippen LogP contribution in [0.3, 0.4) is 0 Å². The van der Waals surface area contributed by atoms with Crippen molar-refractivity contribution in [3.63, 3.8) is 0 Å². The minimum Gasteiger partial charge on any atom is -0.490 e. The van der Waals surface area contributed by atoms with Gasteiger partial charge in [0.25, 0.3) is 0 Å². The van der Waals surface area contributed by atoms with Crippen LogP contribution in [-0.4, -0.2) is 35.2 Å². The second-order valence-electron chi connectivity index (χ2n) is 7.17. The number of hydrogen-bond donors (Lipinski definition) is 1. The quantitative estimate of drug-likeness (QED) is 0.813. The van der Waals surface area contributed by atoms with Crippen LogP contribution in [0.2, 0.25) is 0 Å². The molecule has 0 bridgehead atoms. The van der Waals surface area contributed by atoms with Crippen LogP contribution in [0.5, 0.6) is 5.75 Å². The van der Waals surface area contributed by atoms with Crippen molar-refractivity contribution in [1.29, 1.82) is 5.26 Å². The molecule has 0 spiro atoms. The number of hydrogen-bond acceptors (Lipinski definition) is 4. The number of likely N-dealkylation sites (tertiary alicyclic amines) is 1. The highest BCUT2D eigenvalue weighted by molar-refractivity contribution is 5.71. The molecular weight excluding hydrogens is 352 g/mol. The Morgan fingerprint density at radius 1 is 1.18 bits per heavy atom. The summed E-state index contributed by atoms with van der Waals surface area (Å²) in [5, 5.41) is 18.2. The maximum absolute atomic E-state index is 10.9. The molecule has 5 nitrogen and oxygen atoms in total. The van der Waals surface area contributed by atoms with Crippen LogP contribution < -0.4 is 4.74 Å². The smallest absolute Gasteiger partial charge is 0.309 e. The molecule has 0 amide bonds. The molecule has 142 valence electrons. The largest absolute Gasteiger partial charge is 0.490 e. The molecular formula is C23H22N2O3. The molecule has 1 aliphatic heterocycles. The molecule has 0 aromatic heterocycles. The second kappa shape index (κ2) is 8.61. The van der Waals surface area contributed by atoms with Crippen molar-refractivity contribution >= 4 is 5.97 Å². The van der Waals surface area contributed by atoms with Crippen LogP contribution in [0, 0.1) is 29.1 Å². The summed E-state index contributed by atoms with van der Waals surface area (Å²) >= 11 is 0. The van der Waals surface area contributed by atoms with Gasteiger partial charge in [0.2, 0.25) is 0 Å². The van der Waals surface area contributed by atoms with Gasteiger partial charge in [-0.25, -0.2) is 0 Å². The summed E-state index contributed by atoms with van der Waals surface area (Å²) in [6.07, 6.45) is 0.00817. The number of nitriles is 1. The van der Waals surface area contributed by atoms with Crippen LogP contribution in [-0.2, 0) is 11.3 Å². The maximum atomic E-state index is 10.9. The van der Waals surface area contributed by atoms with Crippen molar-refractivity contribution in [2.75, 3.05) is 13.1 Å². The molecule has 1 aliphatic rings. The van der Waals surface area contributed by atoms with E-state index in [0.29, 0.717) is 24.4 Å². The van der Waals surface area contributed by atoms with E-state index in [1.807, 2.05) is 44.2 Å². The average molecular weight is 374 g/mol. The van der Waals surface area contributed by atoms with Gasteiger partial charge >= 0.3 is 5.97 Å². The van der Waals surface area contributed by atoms with Gasteiger partial charge in [-0.2, -0.15) is 5.26 Å². The molecule has 5 heteroatoms. The lowest BCUT2D eigenvalue weighted by atomic mass is 9.99. The normalized spacial score (nSPS) is 13.9. The summed E-state index contributed by atoms with van der Waals surface area (Å²) in [5.74, 6) is 5.82. The first-order valence-corrected chi connectivity index (χ1v) is 9.21. The number of carboxylic acid groups (broad SMARTS) is 1. The molecule has 0 aliphatic carbocycles. The Kier molecular flexibility index (Phi) is 5.99. The van der Waals surface area contributed by atoms with Crippen LogP contribution in [0.25, 0.3) is 0 Å². The summed E-state index contributed by atoms with van der Waals surface area (Å²) < 4.78 is 5.63. The molecule has 0 atom stereocenters. The molecule has 2 aromatic rings. The van der Waals surface area contributed by atoms with Crippen molar-refractivity contribution in [3.05, 3.63) is 64.7 Å². The second-order valence-corrected chi connectivity index (χ2v) is 7.17. The molecule has 2 aromatic carbocycles. The maximum Gasteiger partial charge on any atom is 0.309 e. The van der Waals surface area contributed by atoms with E-state index in [0.717, 1.165) is 23.2 Å². The van der Waals surface area contributed by atoms with Crippen molar-refractivity contribution in [1.82, 2.24) is 4.90 Å². The van der Waals surface area contributed by atoms with Crippen LogP contribution >= 0.6 is 0 Å². The van der Waals surface area contributed by atoms with E-state index in [1.54, 1.807) is 12.1 Å². The van der Waals surface area contributed by atoms with Gasteiger partial charge in [0, 0.05) is 30.8 Å². The topological polar surface area (TPSA) is 73.6 Å². The zero-order valence-electron chi connectivity index (χ0n) is 16.0. The SMILES string of the molecule is CC(C)Oc1ccc(C#Cc2ccc(CN3CC(C(=O)O)C3)cc2)cc1C#N. The molecule has 0 radical (unpaired) electrons. The Morgan fingerprint density at radius 2 is 1.82 bits per heavy atom. The third kappa shape index (κ3) is 4.91. The van der Waals surface area contributed by atoms with E-state index < -0.39 is 5.97 Å². The Hall–Kier alpha value is -3.28.